The van der Waals surface area contributed by atoms with Gasteiger partial charge in [-0.2, -0.15) is 0 Å². The Morgan fingerprint density at radius 1 is 1.26 bits per heavy atom. The summed E-state index contributed by atoms with van der Waals surface area (Å²) in [6, 6.07) is 7.72. The van der Waals surface area contributed by atoms with Gasteiger partial charge in [0, 0.05) is 5.69 Å². The maximum absolute atomic E-state index is 11.7. The third-order valence-corrected chi connectivity index (χ3v) is 2.97. The van der Waals surface area contributed by atoms with E-state index < -0.39 is 11.7 Å². The Kier molecular flexibility index (Phi) is 5.76. The first-order chi connectivity index (χ1) is 10.9. The molecule has 2 aromatic rings. The van der Waals surface area contributed by atoms with Crippen LogP contribution in [0.1, 0.15) is 32.1 Å². The van der Waals surface area contributed by atoms with Crippen molar-refractivity contribution >= 4 is 11.8 Å². The number of anilines is 1. The highest BCUT2D eigenvalue weighted by atomic mass is 16.6. The molecule has 1 amide bonds. The molecule has 23 heavy (non-hydrogen) atoms. The number of aromatic nitrogens is 1. The van der Waals surface area contributed by atoms with Gasteiger partial charge >= 0.3 is 6.09 Å². The van der Waals surface area contributed by atoms with Gasteiger partial charge in [0.25, 0.3) is 0 Å². The summed E-state index contributed by atoms with van der Waals surface area (Å²) in [5.74, 6) is 0.821. The number of benzene rings is 1. The fourth-order valence-corrected chi connectivity index (χ4v) is 1.95. The van der Waals surface area contributed by atoms with Gasteiger partial charge in [-0.3, -0.25) is 5.32 Å². The average Bonchev–Trinajstić information content (AvgIpc) is 2.96. The van der Waals surface area contributed by atoms with Gasteiger partial charge in [-0.25, -0.2) is 9.78 Å². The highest BCUT2D eigenvalue weighted by Gasteiger charge is 2.15. The molecule has 6 heteroatoms. The minimum absolute atomic E-state index is 0.445. The van der Waals surface area contributed by atoms with Crippen LogP contribution in [0.2, 0.25) is 0 Å². The quantitative estimate of drug-likeness (QED) is 0.799. The van der Waals surface area contributed by atoms with Crippen LogP contribution in [0.3, 0.4) is 0 Å². The molecule has 0 saturated carbocycles. The summed E-state index contributed by atoms with van der Waals surface area (Å²) < 4.78 is 10.4. The van der Waals surface area contributed by atoms with Gasteiger partial charge in [-0.05, 0) is 51.4 Å². The Bertz CT molecular complexity index is 601. The third kappa shape index (κ3) is 6.52. The number of carbonyl (C=O) groups excluding carboxylic acids is 1. The fraction of sp³-hybridized carbons (Fsp3) is 0.412. The molecule has 0 aliphatic rings. The molecule has 0 unspecified atom stereocenters. The molecule has 1 heterocycles. The van der Waals surface area contributed by atoms with Crippen LogP contribution in [-0.4, -0.2) is 23.2 Å². The molecule has 0 fully saturated rings. The van der Waals surface area contributed by atoms with E-state index in [1.807, 2.05) is 45.0 Å². The second-order valence-electron chi connectivity index (χ2n) is 6.22. The molecule has 1 aromatic carbocycles. The van der Waals surface area contributed by atoms with E-state index in [4.69, 9.17) is 9.15 Å². The predicted molar refractivity (Wildman–Crippen MR) is 88.2 cm³/mol. The second-order valence-corrected chi connectivity index (χ2v) is 6.22. The van der Waals surface area contributed by atoms with E-state index in [0.717, 1.165) is 24.4 Å². The summed E-state index contributed by atoms with van der Waals surface area (Å²) in [5.41, 5.74) is 1.40. The highest BCUT2D eigenvalue weighted by molar-refractivity contribution is 5.84. The summed E-state index contributed by atoms with van der Waals surface area (Å²) in [6.07, 6.45) is 3.57. The minimum Gasteiger partial charge on any atom is -0.447 e. The van der Waals surface area contributed by atoms with Crippen molar-refractivity contribution in [1.29, 1.82) is 0 Å². The standard InChI is InChI=1S/C17H23N3O3/c1-17(2,3)23-16(21)20-14-6-4-13(5-7-14)8-9-18-10-15-11-19-12-22-15/h4-7,11-12,18H,8-10H2,1-3H3,(H,20,21). The number of hydrogen-bond acceptors (Lipinski definition) is 5. The van der Waals surface area contributed by atoms with Crippen LogP contribution >= 0.6 is 0 Å². The summed E-state index contributed by atoms with van der Waals surface area (Å²) >= 11 is 0. The number of oxazole rings is 1. The first-order valence-electron chi connectivity index (χ1n) is 7.59. The van der Waals surface area contributed by atoms with Crippen molar-refractivity contribution in [3.63, 3.8) is 0 Å². The van der Waals surface area contributed by atoms with Gasteiger partial charge < -0.3 is 14.5 Å². The number of carbonyl (C=O) groups is 1. The smallest absolute Gasteiger partial charge is 0.412 e. The molecular formula is C17H23N3O3. The van der Waals surface area contributed by atoms with Gasteiger partial charge in [0.1, 0.15) is 11.4 Å². The van der Waals surface area contributed by atoms with Crippen LogP contribution < -0.4 is 10.6 Å². The fourth-order valence-electron chi connectivity index (χ4n) is 1.95. The summed E-state index contributed by atoms with van der Waals surface area (Å²) in [6.45, 7) is 7.00. The molecule has 0 spiro atoms. The molecule has 2 N–H and O–H groups in total. The van der Waals surface area contributed by atoms with Crippen molar-refractivity contribution in [3.8, 4) is 0 Å². The first kappa shape index (κ1) is 17.0. The Morgan fingerprint density at radius 3 is 2.61 bits per heavy atom. The van der Waals surface area contributed by atoms with E-state index in [1.165, 1.54) is 12.0 Å². The zero-order valence-electron chi connectivity index (χ0n) is 13.8. The van der Waals surface area contributed by atoms with Crippen molar-refractivity contribution in [2.45, 2.75) is 39.3 Å². The van der Waals surface area contributed by atoms with Crippen LogP contribution in [0.4, 0.5) is 10.5 Å². The molecule has 0 aliphatic carbocycles. The first-order valence-corrected chi connectivity index (χ1v) is 7.59. The Morgan fingerprint density at radius 2 is 2.00 bits per heavy atom. The van der Waals surface area contributed by atoms with Crippen molar-refractivity contribution in [2.75, 3.05) is 11.9 Å². The van der Waals surface area contributed by atoms with Crippen molar-refractivity contribution in [3.05, 3.63) is 48.2 Å². The molecule has 6 nitrogen and oxygen atoms in total. The number of amides is 1. The average molecular weight is 317 g/mol. The Hall–Kier alpha value is -2.34. The van der Waals surface area contributed by atoms with Crippen molar-refractivity contribution < 1.29 is 13.9 Å². The van der Waals surface area contributed by atoms with Crippen LogP contribution in [-0.2, 0) is 17.7 Å². The summed E-state index contributed by atoms with van der Waals surface area (Å²) in [5, 5.41) is 6.00. The topological polar surface area (TPSA) is 76.4 Å². The molecule has 124 valence electrons. The van der Waals surface area contributed by atoms with Gasteiger partial charge in [0.05, 0.1) is 12.7 Å². The molecule has 0 aliphatic heterocycles. The highest BCUT2D eigenvalue weighted by Crippen LogP contribution is 2.13. The lowest BCUT2D eigenvalue weighted by Gasteiger charge is -2.19. The van der Waals surface area contributed by atoms with E-state index in [1.54, 1.807) is 6.20 Å². The van der Waals surface area contributed by atoms with Gasteiger partial charge in [-0.1, -0.05) is 12.1 Å². The molecule has 1 aromatic heterocycles. The van der Waals surface area contributed by atoms with E-state index in [2.05, 4.69) is 15.6 Å². The van der Waals surface area contributed by atoms with Crippen LogP contribution in [0.25, 0.3) is 0 Å². The van der Waals surface area contributed by atoms with Crippen LogP contribution in [0, 0.1) is 0 Å². The summed E-state index contributed by atoms with van der Waals surface area (Å²) in [7, 11) is 0. The second kappa shape index (κ2) is 7.78. The maximum Gasteiger partial charge on any atom is 0.412 e. The van der Waals surface area contributed by atoms with E-state index in [-0.39, 0.29) is 0 Å². The van der Waals surface area contributed by atoms with Gasteiger partial charge in [-0.15, -0.1) is 0 Å². The number of ether oxygens (including phenoxy) is 1. The van der Waals surface area contributed by atoms with Crippen LogP contribution in [0.15, 0.2) is 41.3 Å². The summed E-state index contributed by atoms with van der Waals surface area (Å²) in [4.78, 5) is 15.5. The lowest BCUT2D eigenvalue weighted by molar-refractivity contribution is 0.0636. The maximum atomic E-state index is 11.7. The molecule has 0 saturated heterocycles. The number of rotatable bonds is 6. The predicted octanol–water partition coefficient (Wildman–Crippen LogP) is 3.35. The largest absolute Gasteiger partial charge is 0.447 e. The van der Waals surface area contributed by atoms with Gasteiger partial charge in [0.15, 0.2) is 6.39 Å². The molecule has 2 rings (SSSR count). The number of nitrogens with one attached hydrogen (secondary N) is 2. The van der Waals surface area contributed by atoms with E-state index in [0.29, 0.717) is 6.54 Å². The third-order valence-electron chi connectivity index (χ3n) is 2.97. The lowest BCUT2D eigenvalue weighted by Crippen LogP contribution is -2.27. The number of hydrogen-bond donors (Lipinski definition) is 2. The minimum atomic E-state index is -0.501. The molecular weight excluding hydrogens is 294 g/mol. The van der Waals surface area contributed by atoms with E-state index >= 15 is 0 Å². The zero-order chi connectivity index (χ0) is 16.7. The van der Waals surface area contributed by atoms with Crippen molar-refractivity contribution in [1.82, 2.24) is 10.3 Å². The SMILES string of the molecule is CC(C)(C)OC(=O)Nc1ccc(CCNCc2cnco2)cc1. The molecule has 0 atom stereocenters. The zero-order valence-corrected chi connectivity index (χ0v) is 13.8. The van der Waals surface area contributed by atoms with Crippen LogP contribution in [0.5, 0.6) is 0 Å². The monoisotopic (exact) mass is 317 g/mol. The Balaban J connectivity index is 1.72. The van der Waals surface area contributed by atoms with Gasteiger partial charge in [0.2, 0.25) is 0 Å². The normalized spacial score (nSPS) is 11.3. The van der Waals surface area contributed by atoms with Crippen molar-refractivity contribution in [2.24, 2.45) is 0 Å². The molecule has 0 radical (unpaired) electrons. The van der Waals surface area contributed by atoms with E-state index in [9.17, 15) is 4.79 Å². The number of nitrogens with zero attached hydrogens (tertiary/aromatic N) is 1. The molecule has 0 bridgehead atoms. The Labute approximate surface area is 136 Å². The lowest BCUT2D eigenvalue weighted by atomic mass is 10.1.